The lowest BCUT2D eigenvalue weighted by molar-refractivity contribution is 0.611. The van der Waals surface area contributed by atoms with Crippen LogP contribution in [0.5, 0.6) is 0 Å². The Bertz CT molecular complexity index is 400. The van der Waals surface area contributed by atoms with Gasteiger partial charge in [-0.3, -0.25) is 0 Å². The summed E-state index contributed by atoms with van der Waals surface area (Å²) in [7, 11) is 0. The maximum atomic E-state index is 5.45. The number of anilines is 3. The molecule has 2 rings (SSSR count). The molecule has 0 bridgehead atoms. The maximum absolute atomic E-state index is 5.45. The van der Waals surface area contributed by atoms with E-state index in [4.69, 9.17) is 21.6 Å². The van der Waals surface area contributed by atoms with Crippen molar-refractivity contribution < 1.29 is 4.42 Å². The topological polar surface area (TPSA) is 121 Å². The molecule has 0 aromatic carbocycles. The van der Waals surface area contributed by atoms with Crippen LogP contribution >= 0.6 is 0 Å². The molecule has 7 nitrogen and oxygen atoms in total. The van der Waals surface area contributed by atoms with Gasteiger partial charge in [0.15, 0.2) is 11.6 Å². The van der Waals surface area contributed by atoms with Gasteiger partial charge in [0.2, 0.25) is 0 Å². The summed E-state index contributed by atoms with van der Waals surface area (Å²) in [6.45, 7) is 0. The van der Waals surface area contributed by atoms with Gasteiger partial charge < -0.3 is 21.6 Å². The largest absolute Gasteiger partial charge is 0.389 e. The van der Waals surface area contributed by atoms with Crippen molar-refractivity contribution in [1.82, 2.24) is 14.6 Å². The number of nitrogens with two attached hydrogens (primary N) is 3. The molecule has 0 aliphatic rings. The summed E-state index contributed by atoms with van der Waals surface area (Å²) < 4.78 is 6.07. The second kappa shape index (κ2) is 1.57. The van der Waals surface area contributed by atoms with Crippen molar-refractivity contribution in [2.24, 2.45) is 0 Å². The molecule has 58 valence electrons. The summed E-state index contributed by atoms with van der Waals surface area (Å²) in [4.78, 5) is 3.74. The maximum Gasteiger partial charge on any atom is 0.329 e. The van der Waals surface area contributed by atoms with Crippen LogP contribution in [0.15, 0.2) is 4.42 Å². The lowest BCUT2D eigenvalue weighted by Crippen LogP contribution is -1.97. The van der Waals surface area contributed by atoms with Crippen LogP contribution in [0.3, 0.4) is 0 Å². The third kappa shape index (κ3) is 0.613. The molecule has 0 radical (unpaired) electrons. The molecule has 0 amide bonds. The minimum absolute atomic E-state index is 0.0131. The molecule has 0 aliphatic heterocycles. The average molecular weight is 154 g/mol. The highest BCUT2D eigenvalue weighted by Crippen LogP contribution is 2.17. The fraction of sp³-hybridized carbons (Fsp3) is 0. The quantitative estimate of drug-likeness (QED) is 0.450. The second-order valence-corrected chi connectivity index (χ2v) is 2.02. The summed E-state index contributed by atoms with van der Waals surface area (Å²) in [5.41, 5.74) is 16.0. The fourth-order valence-corrected chi connectivity index (χ4v) is 0.794. The van der Waals surface area contributed by atoms with E-state index in [1.807, 2.05) is 0 Å². The van der Waals surface area contributed by atoms with E-state index in [2.05, 4.69) is 10.1 Å². The molecule has 0 unspecified atom stereocenters. The van der Waals surface area contributed by atoms with Gasteiger partial charge in [0.1, 0.15) is 0 Å². The van der Waals surface area contributed by atoms with Gasteiger partial charge in [-0.1, -0.05) is 0 Å². The molecule has 6 N–H and O–H groups in total. The third-order valence-electron chi connectivity index (χ3n) is 1.28. The minimum atomic E-state index is 0.0131. The molecule has 0 atom stereocenters. The molecular formula is C4H6N6O. The molecule has 2 aromatic rings. The zero-order chi connectivity index (χ0) is 8.01. The number of fused-ring (bicyclic) bond motifs is 1. The van der Waals surface area contributed by atoms with Crippen LogP contribution in [0.4, 0.5) is 17.7 Å². The summed E-state index contributed by atoms with van der Waals surface area (Å²) in [5.74, 6) is 0.634. The SMILES string of the molecule is Nc1nn2c(N)c(N)nc2o1. The van der Waals surface area contributed by atoms with E-state index in [9.17, 15) is 0 Å². The monoisotopic (exact) mass is 154 g/mol. The number of nitrogens with zero attached hydrogens (tertiary/aromatic N) is 3. The van der Waals surface area contributed by atoms with Gasteiger partial charge in [-0.25, -0.2) is 0 Å². The van der Waals surface area contributed by atoms with Crippen LogP contribution in [0.25, 0.3) is 5.84 Å². The number of aromatic nitrogens is 3. The third-order valence-corrected chi connectivity index (χ3v) is 1.28. The van der Waals surface area contributed by atoms with Crippen molar-refractivity contribution in [2.75, 3.05) is 17.2 Å². The van der Waals surface area contributed by atoms with Gasteiger partial charge >= 0.3 is 11.9 Å². The molecule has 0 spiro atoms. The van der Waals surface area contributed by atoms with Crippen LogP contribution in [0.2, 0.25) is 0 Å². The van der Waals surface area contributed by atoms with E-state index < -0.39 is 0 Å². The molecule has 0 fully saturated rings. The van der Waals surface area contributed by atoms with Crippen LogP contribution in [-0.2, 0) is 0 Å². The summed E-state index contributed by atoms with van der Waals surface area (Å²) >= 11 is 0. The summed E-state index contributed by atoms with van der Waals surface area (Å²) in [6, 6.07) is 0.0131. The molecule has 2 aromatic heterocycles. The first-order valence-electron chi connectivity index (χ1n) is 2.84. The number of rotatable bonds is 0. The van der Waals surface area contributed by atoms with Crippen LogP contribution in [-0.4, -0.2) is 14.6 Å². The van der Waals surface area contributed by atoms with Gasteiger partial charge in [0.05, 0.1) is 0 Å². The van der Waals surface area contributed by atoms with Crippen molar-refractivity contribution in [2.45, 2.75) is 0 Å². The van der Waals surface area contributed by atoms with E-state index in [-0.39, 0.29) is 23.5 Å². The van der Waals surface area contributed by atoms with Crippen LogP contribution < -0.4 is 17.2 Å². The molecule has 2 heterocycles. The first-order valence-corrected chi connectivity index (χ1v) is 2.84. The standard InChI is InChI=1S/C4H6N6O/c5-1-2(6)10-4(8-1)11-3(7)9-10/h5-6H2,(H2,7,9). The number of imidazole rings is 1. The zero-order valence-electron chi connectivity index (χ0n) is 5.48. The predicted octanol–water partition coefficient (Wildman–Crippen LogP) is -0.931. The first kappa shape index (κ1) is 5.83. The minimum Gasteiger partial charge on any atom is -0.389 e. The summed E-state index contributed by atoms with van der Waals surface area (Å²) in [5, 5.41) is 3.69. The Kier molecular flexibility index (Phi) is 0.831. The van der Waals surface area contributed by atoms with Crippen LogP contribution in [0.1, 0.15) is 0 Å². The van der Waals surface area contributed by atoms with Gasteiger partial charge in [0.25, 0.3) is 0 Å². The first-order chi connectivity index (χ1) is 5.18. The molecule has 11 heavy (non-hydrogen) atoms. The highest BCUT2D eigenvalue weighted by atomic mass is 16.4. The lowest BCUT2D eigenvalue weighted by atomic mass is 10.7. The highest BCUT2D eigenvalue weighted by Gasteiger charge is 2.10. The average Bonchev–Trinajstić information content (AvgIpc) is 2.37. The number of hydrogen-bond donors (Lipinski definition) is 3. The van der Waals surface area contributed by atoms with Crippen molar-refractivity contribution in [3.05, 3.63) is 0 Å². The van der Waals surface area contributed by atoms with E-state index in [1.54, 1.807) is 0 Å². The van der Waals surface area contributed by atoms with Crippen molar-refractivity contribution in [1.29, 1.82) is 0 Å². The van der Waals surface area contributed by atoms with Crippen LogP contribution in [0, 0.1) is 0 Å². The van der Waals surface area contributed by atoms with Crippen molar-refractivity contribution in [3.63, 3.8) is 0 Å². The van der Waals surface area contributed by atoms with E-state index >= 15 is 0 Å². The van der Waals surface area contributed by atoms with Gasteiger partial charge in [-0.15, -0.1) is 5.10 Å². The molecule has 7 heteroatoms. The Hall–Kier alpha value is -1.92. The van der Waals surface area contributed by atoms with E-state index in [1.165, 1.54) is 4.52 Å². The Balaban J connectivity index is 2.88. The number of hydrogen-bond acceptors (Lipinski definition) is 6. The van der Waals surface area contributed by atoms with E-state index in [0.29, 0.717) is 0 Å². The van der Waals surface area contributed by atoms with Crippen molar-refractivity contribution >= 4 is 23.5 Å². The van der Waals surface area contributed by atoms with Gasteiger partial charge in [-0.2, -0.15) is 9.50 Å². The Labute approximate surface area is 60.8 Å². The zero-order valence-corrected chi connectivity index (χ0v) is 5.48. The predicted molar refractivity (Wildman–Crippen MR) is 38.5 cm³/mol. The van der Waals surface area contributed by atoms with E-state index in [0.717, 1.165) is 0 Å². The normalized spacial score (nSPS) is 10.9. The Morgan fingerprint density at radius 1 is 1.27 bits per heavy atom. The van der Waals surface area contributed by atoms with Crippen molar-refractivity contribution in [3.8, 4) is 0 Å². The summed E-state index contributed by atoms with van der Waals surface area (Å²) in [6.07, 6.45) is 0. The Morgan fingerprint density at radius 3 is 2.64 bits per heavy atom. The Morgan fingerprint density at radius 2 is 2.00 bits per heavy atom. The molecular weight excluding hydrogens is 148 g/mol. The lowest BCUT2D eigenvalue weighted by Gasteiger charge is -1.85. The van der Waals surface area contributed by atoms with Gasteiger partial charge in [0, 0.05) is 0 Å². The molecule has 0 saturated heterocycles. The highest BCUT2D eigenvalue weighted by molar-refractivity contribution is 5.59. The number of nitrogen functional groups attached to an aromatic ring is 3. The van der Waals surface area contributed by atoms with Gasteiger partial charge in [-0.05, 0) is 0 Å². The smallest absolute Gasteiger partial charge is 0.329 e. The molecule has 0 aliphatic carbocycles. The fourth-order valence-electron chi connectivity index (χ4n) is 0.794. The molecule has 0 saturated carbocycles. The second-order valence-electron chi connectivity index (χ2n) is 2.02.